The summed E-state index contributed by atoms with van der Waals surface area (Å²) in [5.74, 6) is 1.53. The van der Waals surface area contributed by atoms with Gasteiger partial charge in [0.25, 0.3) is 0 Å². The van der Waals surface area contributed by atoms with Gasteiger partial charge in [0, 0.05) is 16.5 Å². The summed E-state index contributed by atoms with van der Waals surface area (Å²) in [5, 5.41) is 0.946. The van der Waals surface area contributed by atoms with Crippen LogP contribution in [0.25, 0.3) is 11.0 Å². The van der Waals surface area contributed by atoms with Gasteiger partial charge in [-0.3, -0.25) is 0 Å². The van der Waals surface area contributed by atoms with Gasteiger partial charge in [-0.25, -0.2) is 4.79 Å². The van der Waals surface area contributed by atoms with Crippen LogP contribution < -0.4 is 15.1 Å². The second kappa shape index (κ2) is 6.40. The highest BCUT2D eigenvalue weighted by molar-refractivity contribution is 5.85. The van der Waals surface area contributed by atoms with Gasteiger partial charge in [-0.2, -0.15) is 0 Å². The molecule has 0 atom stereocenters. The first-order valence-corrected chi connectivity index (χ1v) is 7.80. The molecule has 0 saturated carbocycles. The molecule has 0 unspecified atom stereocenters. The molecule has 0 saturated heterocycles. The number of aryl methyl sites for hydroxylation is 2. The Bertz CT molecular complexity index is 936. The molecule has 2 aromatic carbocycles. The third-order valence-corrected chi connectivity index (χ3v) is 4.38. The highest BCUT2D eigenvalue weighted by Crippen LogP contribution is 2.29. The van der Waals surface area contributed by atoms with Crippen molar-refractivity contribution in [2.24, 2.45) is 0 Å². The third kappa shape index (κ3) is 2.87. The maximum Gasteiger partial charge on any atom is 0.339 e. The van der Waals surface area contributed by atoms with Crippen LogP contribution in [0.2, 0.25) is 0 Å². The van der Waals surface area contributed by atoms with Crippen LogP contribution in [-0.4, -0.2) is 7.11 Å². The summed E-state index contributed by atoms with van der Waals surface area (Å²) < 4.78 is 16.5. The van der Waals surface area contributed by atoms with Crippen molar-refractivity contribution in [2.45, 2.75) is 27.4 Å². The minimum Gasteiger partial charge on any atom is -0.497 e. The van der Waals surface area contributed by atoms with E-state index in [0.29, 0.717) is 23.5 Å². The standard InChI is InChI=1S/C20H20O4/c1-12-13(2)20(21)24-19-14(3)18(10-9-17(12)19)23-11-15-5-7-16(22-4)8-6-15/h5-10H,11H2,1-4H3. The molecule has 1 heterocycles. The highest BCUT2D eigenvalue weighted by atomic mass is 16.5. The van der Waals surface area contributed by atoms with Crippen LogP contribution in [0.3, 0.4) is 0 Å². The molecule has 124 valence electrons. The second-order valence-corrected chi connectivity index (χ2v) is 5.84. The van der Waals surface area contributed by atoms with E-state index >= 15 is 0 Å². The zero-order chi connectivity index (χ0) is 17.3. The molecular formula is C20H20O4. The molecule has 0 aliphatic carbocycles. The fourth-order valence-corrected chi connectivity index (χ4v) is 2.66. The first-order valence-electron chi connectivity index (χ1n) is 7.80. The van der Waals surface area contributed by atoms with E-state index in [2.05, 4.69) is 0 Å². The summed E-state index contributed by atoms with van der Waals surface area (Å²) in [6.45, 7) is 6.06. The van der Waals surface area contributed by atoms with Gasteiger partial charge in [0.2, 0.25) is 0 Å². The molecule has 0 spiro atoms. The lowest BCUT2D eigenvalue weighted by Gasteiger charge is -2.12. The van der Waals surface area contributed by atoms with Crippen LogP contribution in [0.4, 0.5) is 0 Å². The highest BCUT2D eigenvalue weighted by Gasteiger charge is 2.12. The predicted molar refractivity (Wildman–Crippen MR) is 94.0 cm³/mol. The van der Waals surface area contributed by atoms with E-state index in [-0.39, 0.29) is 5.63 Å². The fourth-order valence-electron chi connectivity index (χ4n) is 2.66. The van der Waals surface area contributed by atoms with Crippen molar-refractivity contribution in [2.75, 3.05) is 7.11 Å². The Morgan fingerprint density at radius 3 is 2.29 bits per heavy atom. The monoisotopic (exact) mass is 324 g/mol. The number of ether oxygens (including phenoxy) is 2. The predicted octanol–water partition coefficient (Wildman–Crippen LogP) is 4.31. The number of fused-ring (bicyclic) bond motifs is 1. The van der Waals surface area contributed by atoms with E-state index in [1.807, 2.05) is 50.2 Å². The molecule has 0 bridgehead atoms. The molecule has 4 nitrogen and oxygen atoms in total. The van der Waals surface area contributed by atoms with Crippen LogP contribution in [0.5, 0.6) is 11.5 Å². The Balaban J connectivity index is 1.91. The molecular weight excluding hydrogens is 304 g/mol. The number of hydrogen-bond acceptors (Lipinski definition) is 4. The molecule has 0 radical (unpaired) electrons. The molecule has 3 aromatic rings. The summed E-state index contributed by atoms with van der Waals surface area (Å²) in [6.07, 6.45) is 0. The number of hydrogen-bond donors (Lipinski definition) is 0. The van der Waals surface area contributed by atoms with E-state index < -0.39 is 0 Å². The van der Waals surface area contributed by atoms with Gasteiger partial charge in [0.05, 0.1) is 7.11 Å². The second-order valence-electron chi connectivity index (χ2n) is 5.84. The number of methoxy groups -OCH3 is 1. The van der Waals surface area contributed by atoms with Crippen molar-refractivity contribution in [1.82, 2.24) is 0 Å². The molecule has 0 aliphatic rings. The average molecular weight is 324 g/mol. The normalized spacial score (nSPS) is 10.8. The van der Waals surface area contributed by atoms with Crippen LogP contribution in [0.15, 0.2) is 45.6 Å². The Morgan fingerprint density at radius 1 is 0.917 bits per heavy atom. The maximum atomic E-state index is 11.9. The Hall–Kier alpha value is -2.75. The number of benzene rings is 2. The van der Waals surface area contributed by atoms with Gasteiger partial charge in [-0.05, 0) is 56.2 Å². The van der Waals surface area contributed by atoms with E-state index in [1.54, 1.807) is 14.0 Å². The van der Waals surface area contributed by atoms with E-state index in [0.717, 1.165) is 27.8 Å². The average Bonchev–Trinajstić information content (AvgIpc) is 2.60. The zero-order valence-electron chi connectivity index (χ0n) is 14.3. The molecule has 1 aromatic heterocycles. The topological polar surface area (TPSA) is 48.7 Å². The first-order chi connectivity index (χ1) is 11.5. The molecule has 3 rings (SSSR count). The molecule has 4 heteroatoms. The number of rotatable bonds is 4. The van der Waals surface area contributed by atoms with Crippen LogP contribution in [0.1, 0.15) is 22.3 Å². The lowest BCUT2D eigenvalue weighted by molar-refractivity contribution is 0.303. The quantitative estimate of drug-likeness (QED) is 0.671. The lowest BCUT2D eigenvalue weighted by Crippen LogP contribution is -2.06. The minimum absolute atomic E-state index is 0.296. The van der Waals surface area contributed by atoms with Gasteiger partial charge >= 0.3 is 5.63 Å². The van der Waals surface area contributed by atoms with Crippen molar-refractivity contribution < 1.29 is 13.9 Å². The lowest BCUT2D eigenvalue weighted by atomic mass is 10.0. The van der Waals surface area contributed by atoms with E-state index in [1.165, 1.54) is 0 Å². The SMILES string of the molecule is COc1ccc(COc2ccc3c(C)c(C)c(=O)oc3c2C)cc1. The van der Waals surface area contributed by atoms with Crippen LogP contribution in [0, 0.1) is 20.8 Å². The minimum atomic E-state index is -0.296. The smallest absolute Gasteiger partial charge is 0.339 e. The molecule has 0 fully saturated rings. The fraction of sp³-hybridized carbons (Fsp3) is 0.250. The Kier molecular flexibility index (Phi) is 4.30. The van der Waals surface area contributed by atoms with Gasteiger partial charge in [0.15, 0.2) is 0 Å². The van der Waals surface area contributed by atoms with Crippen molar-refractivity contribution in [3.05, 3.63) is 69.1 Å². The summed E-state index contributed by atoms with van der Waals surface area (Å²) >= 11 is 0. The zero-order valence-corrected chi connectivity index (χ0v) is 14.3. The molecule has 0 N–H and O–H groups in total. The Labute approximate surface area is 140 Å². The van der Waals surface area contributed by atoms with Crippen LogP contribution >= 0.6 is 0 Å². The first kappa shape index (κ1) is 16.1. The molecule has 24 heavy (non-hydrogen) atoms. The summed E-state index contributed by atoms with van der Waals surface area (Å²) in [4.78, 5) is 11.9. The molecule has 0 aliphatic heterocycles. The van der Waals surface area contributed by atoms with E-state index in [9.17, 15) is 4.79 Å². The van der Waals surface area contributed by atoms with Gasteiger partial charge in [0.1, 0.15) is 23.7 Å². The van der Waals surface area contributed by atoms with E-state index in [4.69, 9.17) is 13.9 Å². The van der Waals surface area contributed by atoms with Crippen molar-refractivity contribution in [1.29, 1.82) is 0 Å². The van der Waals surface area contributed by atoms with Crippen molar-refractivity contribution in [3.63, 3.8) is 0 Å². The van der Waals surface area contributed by atoms with Crippen molar-refractivity contribution in [3.8, 4) is 11.5 Å². The molecule has 0 amide bonds. The van der Waals surface area contributed by atoms with Crippen molar-refractivity contribution >= 4 is 11.0 Å². The largest absolute Gasteiger partial charge is 0.497 e. The summed E-state index contributed by atoms with van der Waals surface area (Å²) in [5.41, 5.74) is 3.77. The summed E-state index contributed by atoms with van der Waals surface area (Å²) in [6, 6.07) is 11.6. The van der Waals surface area contributed by atoms with Crippen LogP contribution in [-0.2, 0) is 6.61 Å². The Morgan fingerprint density at radius 2 is 1.62 bits per heavy atom. The summed E-state index contributed by atoms with van der Waals surface area (Å²) in [7, 11) is 1.64. The third-order valence-electron chi connectivity index (χ3n) is 4.38. The van der Waals surface area contributed by atoms with Gasteiger partial charge in [-0.1, -0.05) is 12.1 Å². The maximum absolute atomic E-state index is 11.9. The van der Waals surface area contributed by atoms with Gasteiger partial charge in [-0.15, -0.1) is 0 Å². The van der Waals surface area contributed by atoms with Gasteiger partial charge < -0.3 is 13.9 Å².